The van der Waals surface area contributed by atoms with Gasteiger partial charge < -0.3 is 30.5 Å². The van der Waals surface area contributed by atoms with Gasteiger partial charge in [-0.3, -0.25) is 24.1 Å². The normalized spacial score (nSPS) is 17.9. The molecule has 2 aliphatic heterocycles. The SMILES string of the molecule is COc1cccc(N2CCN(CC(=O)N3CCNC(=O)[C@@H]3CC(=O)Nc3ccc(NC(C)=O)cc3)CC2)c1. The Hall–Kier alpha value is -4.12. The third-order valence-electron chi connectivity index (χ3n) is 6.67. The van der Waals surface area contributed by atoms with Crippen LogP contribution in [0.2, 0.25) is 0 Å². The summed E-state index contributed by atoms with van der Waals surface area (Å²) in [7, 11) is 1.65. The minimum absolute atomic E-state index is 0.144. The molecule has 0 spiro atoms. The van der Waals surface area contributed by atoms with Crippen LogP contribution in [0.5, 0.6) is 5.75 Å². The average molecular weight is 523 g/mol. The number of hydrogen-bond donors (Lipinski definition) is 3. The molecule has 38 heavy (non-hydrogen) atoms. The maximum atomic E-state index is 13.2. The van der Waals surface area contributed by atoms with Crippen LogP contribution in [0, 0.1) is 0 Å². The summed E-state index contributed by atoms with van der Waals surface area (Å²) in [4.78, 5) is 55.6. The van der Waals surface area contributed by atoms with Crippen molar-refractivity contribution in [2.75, 3.05) is 68.5 Å². The second-order valence-corrected chi connectivity index (χ2v) is 9.37. The molecule has 4 rings (SSSR count). The lowest BCUT2D eigenvalue weighted by Gasteiger charge is -2.39. The Labute approximate surface area is 222 Å². The van der Waals surface area contributed by atoms with Crippen molar-refractivity contribution in [1.82, 2.24) is 15.1 Å². The predicted octanol–water partition coefficient (Wildman–Crippen LogP) is 1.13. The number of nitrogens with zero attached hydrogens (tertiary/aromatic N) is 3. The van der Waals surface area contributed by atoms with Crippen LogP contribution in [-0.4, -0.2) is 92.4 Å². The predicted molar refractivity (Wildman–Crippen MR) is 144 cm³/mol. The van der Waals surface area contributed by atoms with Crippen LogP contribution in [0.1, 0.15) is 13.3 Å². The van der Waals surface area contributed by atoms with Crippen LogP contribution in [0.3, 0.4) is 0 Å². The number of methoxy groups -OCH3 is 1. The molecule has 0 saturated carbocycles. The molecule has 2 aromatic rings. The Morgan fingerprint density at radius 2 is 1.66 bits per heavy atom. The lowest BCUT2D eigenvalue weighted by atomic mass is 10.1. The van der Waals surface area contributed by atoms with Crippen LogP contribution in [0.25, 0.3) is 0 Å². The molecule has 2 aromatic carbocycles. The van der Waals surface area contributed by atoms with E-state index in [-0.39, 0.29) is 36.6 Å². The van der Waals surface area contributed by atoms with Crippen molar-refractivity contribution in [3.63, 3.8) is 0 Å². The van der Waals surface area contributed by atoms with Gasteiger partial charge in [0.05, 0.1) is 20.1 Å². The summed E-state index contributed by atoms with van der Waals surface area (Å²) in [6, 6.07) is 13.7. The molecule has 1 atom stereocenters. The van der Waals surface area contributed by atoms with Crippen LogP contribution in [-0.2, 0) is 19.2 Å². The summed E-state index contributed by atoms with van der Waals surface area (Å²) in [5.41, 5.74) is 2.23. The van der Waals surface area contributed by atoms with Crippen molar-refractivity contribution >= 4 is 40.7 Å². The molecular formula is C27H34N6O5. The molecular weight excluding hydrogens is 488 g/mol. The van der Waals surface area contributed by atoms with E-state index in [1.165, 1.54) is 11.8 Å². The molecule has 3 N–H and O–H groups in total. The van der Waals surface area contributed by atoms with Gasteiger partial charge in [0.1, 0.15) is 11.8 Å². The number of hydrogen-bond acceptors (Lipinski definition) is 7. The number of benzene rings is 2. The fourth-order valence-corrected chi connectivity index (χ4v) is 4.70. The maximum Gasteiger partial charge on any atom is 0.243 e. The number of rotatable bonds is 8. The Morgan fingerprint density at radius 3 is 2.32 bits per heavy atom. The quantitative estimate of drug-likeness (QED) is 0.475. The zero-order valence-electron chi connectivity index (χ0n) is 21.7. The molecule has 11 heteroatoms. The van der Waals surface area contributed by atoms with Crippen molar-refractivity contribution in [1.29, 1.82) is 0 Å². The van der Waals surface area contributed by atoms with Crippen molar-refractivity contribution in [2.24, 2.45) is 0 Å². The minimum Gasteiger partial charge on any atom is -0.497 e. The second-order valence-electron chi connectivity index (χ2n) is 9.37. The molecule has 11 nitrogen and oxygen atoms in total. The van der Waals surface area contributed by atoms with E-state index in [1.807, 2.05) is 24.3 Å². The zero-order chi connectivity index (χ0) is 27.1. The van der Waals surface area contributed by atoms with Crippen molar-refractivity contribution in [3.8, 4) is 5.75 Å². The van der Waals surface area contributed by atoms with Gasteiger partial charge in [-0.25, -0.2) is 0 Å². The van der Waals surface area contributed by atoms with E-state index in [1.54, 1.807) is 31.4 Å². The highest BCUT2D eigenvalue weighted by Gasteiger charge is 2.35. The van der Waals surface area contributed by atoms with E-state index in [2.05, 4.69) is 25.8 Å². The van der Waals surface area contributed by atoms with E-state index < -0.39 is 6.04 Å². The first-order valence-electron chi connectivity index (χ1n) is 12.7. The number of piperazine rings is 2. The number of carbonyl (C=O) groups is 4. The highest BCUT2D eigenvalue weighted by molar-refractivity contribution is 5.98. The van der Waals surface area contributed by atoms with E-state index in [0.717, 1.165) is 24.5 Å². The first-order valence-corrected chi connectivity index (χ1v) is 12.7. The summed E-state index contributed by atoms with van der Waals surface area (Å²) in [5.74, 6) is -0.242. The van der Waals surface area contributed by atoms with E-state index in [0.29, 0.717) is 37.6 Å². The largest absolute Gasteiger partial charge is 0.497 e. The highest BCUT2D eigenvalue weighted by Crippen LogP contribution is 2.22. The van der Waals surface area contributed by atoms with Crippen LogP contribution >= 0.6 is 0 Å². The van der Waals surface area contributed by atoms with Gasteiger partial charge in [0.2, 0.25) is 23.6 Å². The smallest absolute Gasteiger partial charge is 0.243 e. The van der Waals surface area contributed by atoms with Gasteiger partial charge in [0, 0.05) is 69.3 Å². The van der Waals surface area contributed by atoms with Gasteiger partial charge >= 0.3 is 0 Å². The van der Waals surface area contributed by atoms with Crippen molar-refractivity contribution in [3.05, 3.63) is 48.5 Å². The fourth-order valence-electron chi connectivity index (χ4n) is 4.70. The lowest BCUT2D eigenvalue weighted by molar-refractivity contribution is -0.145. The van der Waals surface area contributed by atoms with Gasteiger partial charge in [-0.05, 0) is 36.4 Å². The number of anilines is 3. The standard InChI is InChI=1S/C27H34N6O5/c1-19(34)29-20-6-8-21(9-7-20)30-25(35)17-24-27(37)28-10-11-33(24)26(36)18-31-12-14-32(15-13-31)22-4-3-5-23(16-22)38-2/h3-9,16,24H,10-15,17-18H2,1-2H3,(H,28,37)(H,29,34)(H,30,35)/t24-/m0/s1. The molecule has 0 aromatic heterocycles. The summed E-state index contributed by atoms with van der Waals surface area (Å²) in [5, 5.41) is 8.19. The third-order valence-corrected chi connectivity index (χ3v) is 6.67. The van der Waals surface area contributed by atoms with Crippen molar-refractivity contribution < 1.29 is 23.9 Å². The summed E-state index contributed by atoms with van der Waals surface area (Å²) in [6.45, 7) is 5.29. The van der Waals surface area contributed by atoms with Gasteiger partial charge in [-0.2, -0.15) is 0 Å². The van der Waals surface area contributed by atoms with Gasteiger partial charge in [-0.1, -0.05) is 6.07 Å². The fraction of sp³-hybridized carbons (Fsp3) is 0.407. The number of amides is 4. The highest BCUT2D eigenvalue weighted by atomic mass is 16.5. The first kappa shape index (κ1) is 26.9. The second kappa shape index (κ2) is 12.4. The van der Waals surface area contributed by atoms with E-state index in [4.69, 9.17) is 4.74 Å². The molecule has 2 saturated heterocycles. The zero-order valence-corrected chi connectivity index (χ0v) is 21.7. The van der Waals surface area contributed by atoms with Crippen molar-refractivity contribution in [2.45, 2.75) is 19.4 Å². The van der Waals surface area contributed by atoms with Gasteiger partial charge in [0.15, 0.2) is 0 Å². The Morgan fingerprint density at radius 1 is 0.974 bits per heavy atom. The van der Waals surface area contributed by atoms with Gasteiger partial charge in [-0.15, -0.1) is 0 Å². The van der Waals surface area contributed by atoms with E-state index in [9.17, 15) is 19.2 Å². The lowest BCUT2D eigenvalue weighted by Crippen LogP contribution is -2.60. The molecule has 2 aliphatic rings. The first-order chi connectivity index (χ1) is 18.3. The molecule has 0 radical (unpaired) electrons. The summed E-state index contributed by atoms with van der Waals surface area (Å²) < 4.78 is 5.32. The van der Waals surface area contributed by atoms with Gasteiger partial charge in [0.25, 0.3) is 0 Å². The molecule has 2 fully saturated rings. The Bertz CT molecular complexity index is 1160. The maximum absolute atomic E-state index is 13.2. The average Bonchev–Trinajstić information content (AvgIpc) is 2.91. The summed E-state index contributed by atoms with van der Waals surface area (Å²) >= 11 is 0. The van der Waals surface area contributed by atoms with Crippen LogP contribution < -0.4 is 25.6 Å². The Balaban J connectivity index is 1.30. The molecule has 2 heterocycles. The van der Waals surface area contributed by atoms with E-state index >= 15 is 0 Å². The summed E-state index contributed by atoms with van der Waals surface area (Å²) in [6.07, 6.45) is -0.144. The number of nitrogens with one attached hydrogen (secondary N) is 3. The van der Waals surface area contributed by atoms with Crippen LogP contribution in [0.15, 0.2) is 48.5 Å². The molecule has 202 valence electrons. The molecule has 4 amide bonds. The monoisotopic (exact) mass is 522 g/mol. The Kier molecular flexibility index (Phi) is 8.80. The topological polar surface area (TPSA) is 123 Å². The third kappa shape index (κ3) is 7.00. The molecule has 0 aliphatic carbocycles. The molecule has 0 bridgehead atoms. The number of carbonyl (C=O) groups excluding carboxylic acids is 4. The molecule has 0 unspecified atom stereocenters. The minimum atomic E-state index is -0.868. The number of ether oxygens (including phenoxy) is 1. The van der Waals surface area contributed by atoms with Crippen LogP contribution in [0.4, 0.5) is 17.1 Å².